The minimum absolute atomic E-state index is 0.0821. The number of aryl methyl sites for hydroxylation is 1. The second kappa shape index (κ2) is 13.3. The molecule has 0 aliphatic carbocycles. The first-order valence-electron chi connectivity index (χ1n) is 13.6. The molecule has 0 bridgehead atoms. The summed E-state index contributed by atoms with van der Waals surface area (Å²) >= 11 is 6.30. The van der Waals surface area contributed by atoms with Crippen LogP contribution in [0.1, 0.15) is 39.5 Å². The van der Waals surface area contributed by atoms with Crippen molar-refractivity contribution in [2.75, 3.05) is 6.61 Å². The van der Waals surface area contributed by atoms with Crippen molar-refractivity contribution in [1.29, 1.82) is 0 Å². The number of nitrogens with one attached hydrogen (secondary N) is 2. The van der Waals surface area contributed by atoms with Gasteiger partial charge in [-0.2, -0.15) is 5.09 Å². The molecule has 1 saturated heterocycles. The van der Waals surface area contributed by atoms with Crippen molar-refractivity contribution < 1.29 is 37.4 Å². The maximum atomic E-state index is 15.4. The van der Waals surface area contributed by atoms with Gasteiger partial charge in [0.2, 0.25) is 0 Å². The van der Waals surface area contributed by atoms with Gasteiger partial charge in [-0.25, -0.2) is 13.8 Å². The van der Waals surface area contributed by atoms with Crippen LogP contribution < -0.4 is 20.9 Å². The quantitative estimate of drug-likeness (QED) is 0.203. The zero-order chi connectivity index (χ0) is 32.4. The van der Waals surface area contributed by atoms with Crippen LogP contribution in [0.4, 0.5) is 4.39 Å². The summed E-state index contributed by atoms with van der Waals surface area (Å²) < 4.78 is 52.4. The van der Waals surface area contributed by atoms with Crippen LogP contribution >= 0.6 is 19.3 Å². The maximum Gasteiger partial charge on any atom is 0.459 e. The lowest BCUT2D eigenvalue weighted by Gasteiger charge is -2.28. The van der Waals surface area contributed by atoms with Gasteiger partial charge in [0.1, 0.15) is 23.5 Å². The first-order chi connectivity index (χ1) is 20.6. The van der Waals surface area contributed by atoms with E-state index in [-0.39, 0.29) is 5.75 Å². The Hall–Kier alpha value is -3.39. The molecule has 3 N–H and O–H groups in total. The van der Waals surface area contributed by atoms with Crippen molar-refractivity contribution >= 4 is 25.3 Å². The largest absolute Gasteiger partial charge is 0.462 e. The lowest BCUT2D eigenvalue weighted by Crippen LogP contribution is -2.45. The number of alkyl halides is 1. The predicted octanol–water partition coefficient (Wildman–Crippen LogP) is 3.68. The molecule has 2 aromatic heterocycles. The van der Waals surface area contributed by atoms with E-state index < -0.39 is 67.8 Å². The van der Waals surface area contributed by atoms with Crippen LogP contribution in [0.15, 0.2) is 58.4 Å². The number of nitrogens with zero attached hydrogens (tertiary/aromatic N) is 2. The van der Waals surface area contributed by atoms with Gasteiger partial charge in [-0.15, -0.1) is 0 Å². The highest BCUT2D eigenvalue weighted by Gasteiger charge is 2.55. The second-order valence-corrected chi connectivity index (χ2v) is 12.8. The van der Waals surface area contributed by atoms with E-state index in [1.54, 1.807) is 51.2 Å². The lowest BCUT2D eigenvalue weighted by atomic mass is 9.96. The second-order valence-electron chi connectivity index (χ2n) is 10.7. The SMILES string of the molecule is Cc1cc(OP(=O)(N[C@@H](C)C(=O)OC(C)C)OC[C@H]2O[C@@H](n3ccc(=O)[nH]c3=O)[C@H](F)[C@]2(C)O)ccc1-c1ncccc1Cl. The Labute approximate surface area is 256 Å². The number of benzene rings is 1. The van der Waals surface area contributed by atoms with Gasteiger partial charge < -0.3 is 19.1 Å². The van der Waals surface area contributed by atoms with Crippen molar-refractivity contribution in [2.45, 2.75) is 70.9 Å². The predicted molar refractivity (Wildman–Crippen MR) is 158 cm³/mol. The molecule has 0 saturated carbocycles. The summed E-state index contributed by atoms with van der Waals surface area (Å²) in [6.45, 7) is 6.87. The Morgan fingerprint density at radius 2 is 2.02 bits per heavy atom. The van der Waals surface area contributed by atoms with Crippen LogP contribution in [-0.2, 0) is 23.4 Å². The molecule has 238 valence electrons. The zero-order valence-electron chi connectivity index (χ0n) is 24.5. The number of aliphatic hydroxyl groups is 1. The van der Waals surface area contributed by atoms with E-state index in [0.717, 1.165) is 23.8 Å². The number of ether oxygens (including phenoxy) is 2. The third kappa shape index (κ3) is 7.45. The number of hydrogen-bond donors (Lipinski definition) is 3. The zero-order valence-corrected chi connectivity index (χ0v) is 26.2. The van der Waals surface area contributed by atoms with Crippen molar-refractivity contribution in [3.63, 3.8) is 0 Å². The molecule has 0 amide bonds. The van der Waals surface area contributed by atoms with Gasteiger partial charge in [-0.1, -0.05) is 11.6 Å². The van der Waals surface area contributed by atoms with Crippen molar-refractivity contribution in [3.05, 3.63) is 80.2 Å². The molecule has 1 aromatic carbocycles. The van der Waals surface area contributed by atoms with Crippen LogP contribution in [0.5, 0.6) is 5.75 Å². The number of pyridine rings is 1. The van der Waals surface area contributed by atoms with Crippen LogP contribution in [0, 0.1) is 6.92 Å². The molecule has 3 heterocycles. The van der Waals surface area contributed by atoms with E-state index in [2.05, 4.69) is 10.1 Å². The highest BCUT2D eigenvalue weighted by molar-refractivity contribution is 7.52. The molecular weight excluding hydrogens is 622 g/mol. The summed E-state index contributed by atoms with van der Waals surface area (Å²) in [5, 5.41) is 13.9. The van der Waals surface area contributed by atoms with Gasteiger partial charge in [0.05, 0.1) is 23.4 Å². The van der Waals surface area contributed by atoms with Gasteiger partial charge in [-0.05, 0) is 70.5 Å². The fourth-order valence-corrected chi connectivity index (χ4v) is 6.15. The number of aromatic amines is 1. The number of halogens is 2. The molecule has 44 heavy (non-hydrogen) atoms. The maximum absolute atomic E-state index is 15.4. The topological polar surface area (TPSA) is 171 Å². The van der Waals surface area contributed by atoms with Crippen LogP contribution in [0.2, 0.25) is 5.02 Å². The molecule has 1 fully saturated rings. The standard InChI is InChI=1S/C28H33ClFN4O9P/c1-15(2)41-26(36)17(4)33-44(39,43-18-8-9-19(16(3)13-18)23-20(29)7-6-11-31-23)40-14-21-28(5,38)24(30)25(42-21)34-12-10-22(35)32-27(34)37/h6-13,15,17,21,24-25,38H,14H2,1-5H3,(H,33,39)(H,32,35,37)/t17-,21+,24-,25+,28+,44?/m0/s1. The van der Waals surface area contributed by atoms with Gasteiger partial charge in [0.25, 0.3) is 5.56 Å². The first kappa shape index (κ1) is 33.5. The van der Waals surface area contributed by atoms with Crippen LogP contribution in [0.25, 0.3) is 11.3 Å². The third-order valence-corrected chi connectivity index (χ3v) is 8.73. The number of H-pyrrole nitrogens is 1. The molecular formula is C28H33ClFN4O9P. The fourth-order valence-electron chi connectivity index (χ4n) is 4.44. The van der Waals surface area contributed by atoms with E-state index >= 15 is 4.39 Å². The molecule has 0 radical (unpaired) electrons. The van der Waals surface area contributed by atoms with Gasteiger partial charge in [-0.3, -0.25) is 28.6 Å². The van der Waals surface area contributed by atoms with E-state index in [1.165, 1.54) is 13.0 Å². The monoisotopic (exact) mass is 654 g/mol. The molecule has 16 heteroatoms. The number of aromatic nitrogens is 3. The number of rotatable bonds is 11. The summed E-state index contributed by atoms with van der Waals surface area (Å²) in [6, 6.07) is 7.92. The molecule has 3 aromatic rings. The Kier molecular flexibility index (Phi) is 10.1. The van der Waals surface area contributed by atoms with Gasteiger partial charge >= 0.3 is 19.4 Å². The molecule has 4 rings (SSSR count). The molecule has 1 aliphatic rings. The molecule has 1 aliphatic heterocycles. The van der Waals surface area contributed by atoms with E-state index in [9.17, 15) is 24.1 Å². The highest BCUT2D eigenvalue weighted by atomic mass is 35.5. The van der Waals surface area contributed by atoms with Gasteiger partial charge in [0, 0.05) is 24.0 Å². The molecule has 6 atom stereocenters. The normalized spacial score (nSPS) is 23.7. The minimum atomic E-state index is -4.47. The smallest absolute Gasteiger partial charge is 0.459 e. The highest BCUT2D eigenvalue weighted by Crippen LogP contribution is 2.48. The number of esters is 1. The third-order valence-electron chi connectivity index (χ3n) is 6.78. The summed E-state index contributed by atoms with van der Waals surface area (Å²) in [6.07, 6.45) is -3.09. The number of hydrogen-bond acceptors (Lipinski definition) is 10. The summed E-state index contributed by atoms with van der Waals surface area (Å²) in [5.74, 6) is -0.659. The van der Waals surface area contributed by atoms with Gasteiger partial charge in [0.15, 0.2) is 12.4 Å². The summed E-state index contributed by atoms with van der Waals surface area (Å²) in [7, 11) is -4.47. The molecule has 1 unspecified atom stereocenters. The summed E-state index contributed by atoms with van der Waals surface area (Å²) in [4.78, 5) is 42.5. The Morgan fingerprint density at radius 1 is 1.30 bits per heavy atom. The summed E-state index contributed by atoms with van der Waals surface area (Å²) in [5.41, 5.74) is -2.01. The van der Waals surface area contributed by atoms with E-state index in [4.69, 9.17) is 30.1 Å². The average molecular weight is 655 g/mol. The van der Waals surface area contributed by atoms with Crippen LogP contribution in [0.3, 0.4) is 0 Å². The Morgan fingerprint density at radius 3 is 2.66 bits per heavy atom. The van der Waals surface area contributed by atoms with E-state index in [0.29, 0.717) is 21.8 Å². The fraction of sp³-hybridized carbons (Fsp3) is 0.429. The van der Waals surface area contributed by atoms with Crippen molar-refractivity contribution in [3.8, 4) is 17.0 Å². The Balaban J connectivity index is 1.59. The number of carbonyl (C=O) groups is 1. The first-order valence-corrected chi connectivity index (χ1v) is 15.5. The average Bonchev–Trinajstić information content (AvgIpc) is 3.15. The lowest BCUT2D eigenvalue weighted by molar-refractivity contribution is -0.149. The molecule has 0 spiro atoms. The minimum Gasteiger partial charge on any atom is -0.462 e. The van der Waals surface area contributed by atoms with Crippen molar-refractivity contribution in [1.82, 2.24) is 19.6 Å². The van der Waals surface area contributed by atoms with E-state index in [1.807, 2.05) is 4.98 Å². The molecule has 13 nitrogen and oxygen atoms in total. The van der Waals surface area contributed by atoms with Crippen molar-refractivity contribution in [2.24, 2.45) is 0 Å². The number of carbonyl (C=O) groups excluding carboxylic acids is 1. The Bertz CT molecular complexity index is 1680. The van der Waals surface area contributed by atoms with Crippen LogP contribution in [-0.4, -0.2) is 62.2 Å².